The summed E-state index contributed by atoms with van der Waals surface area (Å²) in [4.78, 5) is 60.5. The molecule has 1 amide bonds. The number of nitrogen functional groups attached to an aromatic ring is 1. The largest absolute Gasteiger partial charge is 0.480 e. The molecule has 14 N–H and O–H groups in total. The predicted molar refractivity (Wildman–Crippen MR) is 180 cm³/mol. The van der Waals surface area contributed by atoms with Gasteiger partial charge in [0, 0.05) is 17.7 Å². The number of aliphatic carboxylic acids is 1. The van der Waals surface area contributed by atoms with Crippen LogP contribution in [0.25, 0.3) is 0 Å². The maximum absolute atomic E-state index is 12.9. The molecule has 4 heterocycles. The number of H-pyrrole nitrogens is 1. The zero-order valence-electron chi connectivity index (χ0n) is 28.2. The Hall–Kier alpha value is -4.82. The van der Waals surface area contributed by atoms with Gasteiger partial charge >= 0.3 is 11.9 Å². The van der Waals surface area contributed by atoms with Gasteiger partial charge in [-0.2, -0.15) is 4.98 Å². The zero-order valence-corrected chi connectivity index (χ0v) is 28.2. The number of esters is 1. The van der Waals surface area contributed by atoms with E-state index in [1.54, 1.807) is 12.1 Å². The molecule has 23 heteroatoms. The van der Waals surface area contributed by atoms with E-state index >= 15 is 0 Å². The van der Waals surface area contributed by atoms with Gasteiger partial charge in [-0.05, 0) is 30.7 Å². The van der Waals surface area contributed by atoms with E-state index in [9.17, 15) is 60.0 Å². The van der Waals surface area contributed by atoms with E-state index in [-0.39, 0.29) is 29.6 Å². The summed E-state index contributed by atoms with van der Waals surface area (Å²) in [5.41, 5.74) is 6.37. The van der Waals surface area contributed by atoms with Crippen molar-refractivity contribution in [2.24, 2.45) is 4.99 Å². The Bertz CT molecular complexity index is 1740. The summed E-state index contributed by atoms with van der Waals surface area (Å²) in [6.45, 7) is -1.15. The second kappa shape index (κ2) is 17.5. The normalized spacial score (nSPS) is 29.9. The molecular weight excluding hydrogens is 726 g/mol. The highest BCUT2D eigenvalue weighted by atomic mass is 16.7. The lowest BCUT2D eigenvalue weighted by molar-refractivity contribution is -0.355. The molecule has 3 aliphatic heterocycles. The Morgan fingerprint density at radius 3 is 2.33 bits per heavy atom. The first-order chi connectivity index (χ1) is 25.7. The fourth-order valence-electron chi connectivity index (χ4n) is 5.81. The summed E-state index contributed by atoms with van der Waals surface area (Å²) in [6, 6.07) is 4.38. The van der Waals surface area contributed by atoms with Crippen molar-refractivity contribution in [1.82, 2.24) is 15.3 Å². The highest BCUT2D eigenvalue weighted by molar-refractivity contribution is 5.98. The lowest BCUT2D eigenvalue weighted by Gasteiger charge is -2.45. The number of nitrogens with one attached hydrogen (secondary N) is 4. The molecule has 11 atom stereocenters. The number of ether oxygens (including phenoxy) is 4. The Morgan fingerprint density at radius 2 is 1.67 bits per heavy atom. The number of carbonyl (C=O) groups is 3. The third-order valence-electron chi connectivity index (χ3n) is 8.75. The smallest absolute Gasteiger partial charge is 0.326 e. The summed E-state index contributed by atoms with van der Waals surface area (Å²) >= 11 is 0. The Balaban J connectivity index is 1.14. The lowest BCUT2D eigenvalue weighted by Crippen LogP contribution is -2.65. The number of amides is 1. The molecule has 1 aromatic carbocycles. The number of aromatic nitrogens is 2. The highest BCUT2D eigenvalue weighted by Gasteiger charge is 2.51. The molecule has 1 aromatic heterocycles. The molecule has 3 aliphatic rings. The van der Waals surface area contributed by atoms with E-state index in [0.29, 0.717) is 17.9 Å². The van der Waals surface area contributed by atoms with Crippen LogP contribution in [0.3, 0.4) is 0 Å². The molecule has 2 saturated heterocycles. The summed E-state index contributed by atoms with van der Waals surface area (Å²) in [6.07, 6.45) is -18.7. The summed E-state index contributed by atoms with van der Waals surface area (Å²) in [5, 5.41) is 89.1. The Labute approximate surface area is 304 Å². The van der Waals surface area contributed by atoms with Crippen LogP contribution >= 0.6 is 0 Å². The van der Waals surface area contributed by atoms with Crippen molar-refractivity contribution in [3.8, 4) is 0 Å². The first kappa shape index (κ1) is 40.4. The number of nitrogens with zero attached hydrogens (tertiary/aromatic N) is 2. The van der Waals surface area contributed by atoms with Crippen LogP contribution in [0.15, 0.2) is 34.1 Å². The number of aliphatic hydroxyl groups excluding tert-OH is 7. The third-order valence-corrected chi connectivity index (χ3v) is 8.75. The number of anilines is 3. The maximum atomic E-state index is 12.9. The van der Waals surface area contributed by atoms with Crippen LogP contribution in [-0.2, 0) is 28.5 Å². The molecule has 0 spiro atoms. The quantitative estimate of drug-likeness (QED) is 0.0801. The van der Waals surface area contributed by atoms with Crippen molar-refractivity contribution in [3.63, 3.8) is 0 Å². The average molecular weight is 768 g/mol. The molecule has 23 nitrogen and oxygen atoms in total. The van der Waals surface area contributed by atoms with E-state index in [1.165, 1.54) is 12.1 Å². The minimum atomic E-state index is -1.99. The van der Waals surface area contributed by atoms with Crippen molar-refractivity contribution < 1.29 is 74.2 Å². The molecule has 0 aliphatic carbocycles. The molecule has 2 aromatic rings. The zero-order chi connectivity index (χ0) is 39.3. The van der Waals surface area contributed by atoms with Crippen molar-refractivity contribution >= 4 is 46.7 Å². The number of hydrogen-bond acceptors (Lipinski definition) is 20. The van der Waals surface area contributed by atoms with Crippen LogP contribution in [0.5, 0.6) is 0 Å². The van der Waals surface area contributed by atoms with Gasteiger partial charge in [-0.25, -0.2) is 9.79 Å². The second-order valence-electron chi connectivity index (χ2n) is 12.5. The van der Waals surface area contributed by atoms with Crippen LogP contribution in [0.4, 0.5) is 23.1 Å². The molecule has 54 heavy (non-hydrogen) atoms. The van der Waals surface area contributed by atoms with Crippen LogP contribution < -0.4 is 27.2 Å². The van der Waals surface area contributed by atoms with Crippen molar-refractivity contribution in [2.45, 2.75) is 80.3 Å². The number of rotatable bonds is 14. The van der Waals surface area contributed by atoms with Crippen molar-refractivity contribution in [3.05, 3.63) is 40.2 Å². The number of carboxylic acid groups (broad SMARTS) is 1. The van der Waals surface area contributed by atoms with Crippen molar-refractivity contribution in [2.75, 3.05) is 42.7 Å². The molecule has 1 unspecified atom stereocenters. The fraction of sp³-hybridized carbons (Fsp3) is 0.548. The molecular formula is C31H41N7O16. The minimum absolute atomic E-state index is 0.0463. The highest BCUT2D eigenvalue weighted by Crippen LogP contribution is 2.30. The SMILES string of the molecule is Nc1nc2c(c(=O)[nH]1)N=C(CNc1ccc(C(=O)NC(CCC(=O)O[C@@H]3[C@@H](O)[C@@H](O[C@H]4[C@H](O)[C@@H](O)[C@H](O)O[C@@H]4CO)O[C@H](CO)[C@H]3O)C(=O)O)cc1)CN2. The van der Waals surface area contributed by atoms with E-state index in [2.05, 4.69) is 30.9 Å². The van der Waals surface area contributed by atoms with Gasteiger partial charge in [0.15, 0.2) is 30.2 Å². The maximum Gasteiger partial charge on any atom is 0.326 e. The third kappa shape index (κ3) is 9.27. The number of aliphatic imine (C=N–C) groups is 1. The topological polar surface area (TPSA) is 370 Å². The number of benzene rings is 1. The average Bonchev–Trinajstić information content (AvgIpc) is 3.15. The van der Waals surface area contributed by atoms with Gasteiger partial charge in [0.2, 0.25) is 5.95 Å². The Kier molecular flexibility index (Phi) is 13.1. The number of carbonyl (C=O) groups excluding carboxylic acids is 2. The molecule has 0 radical (unpaired) electrons. The van der Waals surface area contributed by atoms with Gasteiger partial charge in [0.05, 0.1) is 32.0 Å². The van der Waals surface area contributed by atoms with Gasteiger partial charge in [-0.1, -0.05) is 0 Å². The fourth-order valence-corrected chi connectivity index (χ4v) is 5.81. The molecule has 5 rings (SSSR count). The van der Waals surface area contributed by atoms with Crippen molar-refractivity contribution in [1.29, 1.82) is 0 Å². The minimum Gasteiger partial charge on any atom is -0.480 e. The van der Waals surface area contributed by atoms with Crippen LogP contribution in [0.2, 0.25) is 0 Å². The molecule has 296 valence electrons. The van der Waals surface area contributed by atoms with Gasteiger partial charge in [0.1, 0.15) is 48.8 Å². The Morgan fingerprint density at radius 1 is 0.963 bits per heavy atom. The summed E-state index contributed by atoms with van der Waals surface area (Å²) < 4.78 is 21.1. The van der Waals surface area contributed by atoms with Gasteiger partial charge in [0.25, 0.3) is 11.5 Å². The number of hydrogen-bond donors (Lipinski definition) is 13. The standard InChI is InChI=1S/C31H41N7O16/c32-31-37-25-18(27(47)38-31)35-13(8-34-25)7-33-12-3-1-11(2-4-12)26(46)36-14(28(48)49)5-6-17(41)53-24-19(42)15(9-39)52-30(22(24)45)54-23-16(10-40)51-29(50)21(44)20(23)43/h1-4,14-16,19-24,29-30,33,39-40,42-45,50H,5-10H2,(H,36,46)(H,48,49)(H4,32,34,37,38,47)/t14?,15-,16-,19-,20-,21-,22-,23-,24+,29-,30-/m1/s1. The van der Waals surface area contributed by atoms with Crippen LogP contribution in [0, 0.1) is 0 Å². The van der Waals surface area contributed by atoms with E-state index < -0.39 is 117 Å². The number of nitrogens with two attached hydrogens (primary N) is 1. The number of carboxylic acids is 1. The summed E-state index contributed by atoms with van der Waals surface area (Å²) in [7, 11) is 0. The van der Waals surface area contributed by atoms with Crippen LogP contribution in [-0.4, -0.2) is 168 Å². The van der Waals surface area contributed by atoms with Crippen LogP contribution in [0.1, 0.15) is 23.2 Å². The number of aliphatic hydroxyl groups is 7. The van der Waals surface area contributed by atoms with E-state index in [0.717, 1.165) is 0 Å². The lowest BCUT2D eigenvalue weighted by atomic mass is 9.97. The molecule has 2 fully saturated rings. The molecule has 0 bridgehead atoms. The molecule has 0 saturated carbocycles. The summed E-state index contributed by atoms with van der Waals surface area (Å²) in [5.74, 6) is -3.16. The van der Waals surface area contributed by atoms with E-state index in [1.807, 2.05) is 0 Å². The number of aromatic amines is 1. The second-order valence-corrected chi connectivity index (χ2v) is 12.5. The van der Waals surface area contributed by atoms with Gasteiger partial charge in [-0.15, -0.1) is 0 Å². The van der Waals surface area contributed by atoms with Gasteiger partial charge in [-0.3, -0.25) is 19.4 Å². The monoisotopic (exact) mass is 767 g/mol. The first-order valence-corrected chi connectivity index (χ1v) is 16.6. The first-order valence-electron chi connectivity index (χ1n) is 16.6. The predicted octanol–water partition coefficient (Wildman–Crippen LogP) is -4.91. The number of fused-ring (bicyclic) bond motifs is 1. The van der Waals surface area contributed by atoms with Gasteiger partial charge < -0.3 is 81.5 Å². The van der Waals surface area contributed by atoms with E-state index in [4.69, 9.17) is 24.7 Å².